The second-order valence-corrected chi connectivity index (χ2v) is 7.08. The summed E-state index contributed by atoms with van der Waals surface area (Å²) in [6, 6.07) is 8.98. The fraction of sp³-hybridized carbons (Fsp3) is 0.235. The Bertz CT molecular complexity index is 902. The third-order valence-corrected chi connectivity index (χ3v) is 4.78. The molecule has 2 aromatic heterocycles. The number of hydrogen-bond donors (Lipinski definition) is 2. The van der Waals surface area contributed by atoms with Crippen molar-refractivity contribution in [3.63, 3.8) is 0 Å². The van der Waals surface area contributed by atoms with E-state index in [1.54, 1.807) is 16.8 Å². The van der Waals surface area contributed by atoms with E-state index in [0.717, 1.165) is 16.4 Å². The van der Waals surface area contributed by atoms with Crippen LogP contribution in [0.25, 0.3) is 5.69 Å². The lowest BCUT2D eigenvalue weighted by Crippen LogP contribution is -2.17. The van der Waals surface area contributed by atoms with Crippen molar-refractivity contribution in [2.75, 3.05) is 5.32 Å². The molecule has 2 heterocycles. The van der Waals surface area contributed by atoms with E-state index in [-0.39, 0.29) is 18.4 Å². The maximum Gasteiger partial charge on any atom is 0.231 e. The van der Waals surface area contributed by atoms with Gasteiger partial charge < -0.3 is 11.1 Å². The van der Waals surface area contributed by atoms with Gasteiger partial charge in [0.2, 0.25) is 5.91 Å². The highest BCUT2D eigenvalue weighted by atomic mass is 35.5. The summed E-state index contributed by atoms with van der Waals surface area (Å²) in [6.07, 6.45) is 0.184. The Morgan fingerprint density at radius 2 is 2.24 bits per heavy atom. The molecule has 3 rings (SSSR count). The Hall–Kier alpha value is -2.22. The minimum absolute atomic E-state index is 0.131. The minimum Gasteiger partial charge on any atom is -0.322 e. The molecule has 0 spiro atoms. The number of benzene rings is 1. The van der Waals surface area contributed by atoms with Crippen LogP contribution in [-0.4, -0.2) is 20.7 Å². The molecule has 130 valence electrons. The lowest BCUT2D eigenvalue weighted by atomic mass is 10.3. The van der Waals surface area contributed by atoms with Crippen molar-refractivity contribution in [2.45, 2.75) is 26.3 Å². The Kier molecular flexibility index (Phi) is 5.17. The molecular weight excluding hydrogens is 358 g/mol. The summed E-state index contributed by atoms with van der Waals surface area (Å²) in [4.78, 5) is 16.8. The van der Waals surface area contributed by atoms with Crippen LogP contribution >= 0.6 is 22.9 Å². The number of rotatable bonds is 5. The predicted molar refractivity (Wildman–Crippen MR) is 100 cm³/mol. The zero-order valence-corrected chi connectivity index (χ0v) is 15.4. The molecule has 1 aromatic carbocycles. The summed E-state index contributed by atoms with van der Waals surface area (Å²) < 4.78 is 1.66. The molecule has 3 N–H and O–H groups in total. The van der Waals surface area contributed by atoms with Gasteiger partial charge in [-0.25, -0.2) is 9.67 Å². The first-order valence-corrected chi connectivity index (χ1v) is 9.00. The lowest BCUT2D eigenvalue weighted by Gasteiger charge is -2.09. The number of anilines is 1. The first-order chi connectivity index (χ1) is 11.9. The summed E-state index contributed by atoms with van der Waals surface area (Å²) in [5.74, 6) is 0.428. The second kappa shape index (κ2) is 7.35. The van der Waals surface area contributed by atoms with Gasteiger partial charge in [-0.2, -0.15) is 5.10 Å². The Labute approximate surface area is 154 Å². The first kappa shape index (κ1) is 17.6. The van der Waals surface area contributed by atoms with Crippen LogP contribution in [0.3, 0.4) is 0 Å². The van der Waals surface area contributed by atoms with Gasteiger partial charge in [0.25, 0.3) is 0 Å². The summed E-state index contributed by atoms with van der Waals surface area (Å²) >= 11 is 7.51. The topological polar surface area (TPSA) is 85.8 Å². The number of aryl methyl sites for hydroxylation is 1. The number of hydrogen-bond acceptors (Lipinski definition) is 5. The van der Waals surface area contributed by atoms with E-state index < -0.39 is 0 Å². The molecule has 0 aliphatic carbocycles. The molecule has 1 atom stereocenters. The fourth-order valence-corrected chi connectivity index (χ4v) is 3.32. The van der Waals surface area contributed by atoms with Gasteiger partial charge in [-0.05, 0) is 32.0 Å². The van der Waals surface area contributed by atoms with Crippen LogP contribution in [0.4, 0.5) is 5.82 Å². The molecule has 0 saturated carbocycles. The number of amides is 1. The van der Waals surface area contributed by atoms with E-state index in [4.69, 9.17) is 17.3 Å². The van der Waals surface area contributed by atoms with Crippen LogP contribution in [0, 0.1) is 6.92 Å². The Morgan fingerprint density at radius 3 is 2.92 bits per heavy atom. The van der Waals surface area contributed by atoms with Gasteiger partial charge in [-0.3, -0.25) is 4.79 Å². The molecule has 25 heavy (non-hydrogen) atoms. The van der Waals surface area contributed by atoms with Gasteiger partial charge in [-0.15, -0.1) is 11.3 Å². The fourth-order valence-electron chi connectivity index (χ4n) is 2.36. The van der Waals surface area contributed by atoms with Crippen molar-refractivity contribution in [2.24, 2.45) is 5.73 Å². The average Bonchev–Trinajstić information content (AvgIpc) is 3.14. The molecule has 6 nitrogen and oxygen atoms in total. The van der Waals surface area contributed by atoms with E-state index in [2.05, 4.69) is 15.4 Å². The first-order valence-electron chi connectivity index (χ1n) is 7.74. The van der Waals surface area contributed by atoms with Crippen molar-refractivity contribution in [1.82, 2.24) is 14.8 Å². The highest BCUT2D eigenvalue weighted by Gasteiger charge is 2.14. The summed E-state index contributed by atoms with van der Waals surface area (Å²) in [7, 11) is 0. The maximum absolute atomic E-state index is 12.4. The van der Waals surface area contributed by atoms with Crippen molar-refractivity contribution >= 4 is 34.7 Å². The third-order valence-electron chi connectivity index (χ3n) is 3.45. The molecule has 0 radical (unpaired) electrons. The van der Waals surface area contributed by atoms with Gasteiger partial charge in [0.05, 0.1) is 29.5 Å². The number of carbonyl (C=O) groups excluding carboxylic acids is 1. The predicted octanol–water partition coefficient (Wildman–Crippen LogP) is 3.49. The molecule has 0 saturated heterocycles. The monoisotopic (exact) mass is 375 g/mol. The number of nitrogens with one attached hydrogen (secondary N) is 1. The van der Waals surface area contributed by atoms with Crippen LogP contribution in [0.1, 0.15) is 29.4 Å². The SMILES string of the molecule is Cc1cc(NC(=O)Cc2csc(C(C)N)n2)n(-c2cccc(Cl)c2)n1. The van der Waals surface area contributed by atoms with Crippen molar-refractivity contribution in [3.8, 4) is 5.69 Å². The van der Waals surface area contributed by atoms with Crippen LogP contribution in [-0.2, 0) is 11.2 Å². The maximum atomic E-state index is 12.4. The van der Waals surface area contributed by atoms with Gasteiger partial charge >= 0.3 is 0 Å². The molecule has 0 aliphatic heterocycles. The number of aromatic nitrogens is 3. The number of thiazole rings is 1. The highest BCUT2D eigenvalue weighted by molar-refractivity contribution is 7.09. The van der Waals surface area contributed by atoms with Crippen LogP contribution < -0.4 is 11.1 Å². The number of nitrogens with zero attached hydrogens (tertiary/aromatic N) is 3. The number of carbonyl (C=O) groups is 1. The Morgan fingerprint density at radius 1 is 1.44 bits per heavy atom. The lowest BCUT2D eigenvalue weighted by molar-refractivity contribution is -0.115. The standard InChI is InChI=1S/C17H18ClN5OS/c1-10-6-15(23(22-10)14-5-3-4-12(18)7-14)21-16(24)8-13-9-25-17(20-13)11(2)19/h3-7,9,11H,8,19H2,1-2H3,(H,21,24). The third kappa shape index (κ3) is 4.25. The van der Waals surface area contributed by atoms with Crippen molar-refractivity contribution in [3.05, 3.63) is 57.1 Å². The van der Waals surface area contributed by atoms with E-state index >= 15 is 0 Å². The Balaban J connectivity index is 1.77. The van der Waals surface area contributed by atoms with E-state index in [1.165, 1.54) is 11.3 Å². The molecule has 0 aliphatic rings. The molecule has 1 unspecified atom stereocenters. The number of nitrogens with two attached hydrogens (primary N) is 1. The molecule has 3 aromatic rings. The van der Waals surface area contributed by atoms with Gasteiger partial charge in [0.1, 0.15) is 10.8 Å². The van der Waals surface area contributed by atoms with E-state index in [9.17, 15) is 4.79 Å². The number of halogens is 1. The van der Waals surface area contributed by atoms with Crippen LogP contribution in [0.2, 0.25) is 5.02 Å². The largest absolute Gasteiger partial charge is 0.322 e. The second-order valence-electron chi connectivity index (χ2n) is 5.75. The van der Waals surface area contributed by atoms with Gasteiger partial charge in [0.15, 0.2) is 0 Å². The van der Waals surface area contributed by atoms with Gasteiger partial charge in [0, 0.05) is 16.5 Å². The quantitative estimate of drug-likeness (QED) is 0.714. The van der Waals surface area contributed by atoms with Gasteiger partial charge in [-0.1, -0.05) is 17.7 Å². The van der Waals surface area contributed by atoms with Crippen LogP contribution in [0.15, 0.2) is 35.7 Å². The summed E-state index contributed by atoms with van der Waals surface area (Å²) in [5.41, 5.74) is 8.09. The minimum atomic E-state index is -0.162. The smallest absolute Gasteiger partial charge is 0.231 e. The normalized spacial score (nSPS) is 12.2. The van der Waals surface area contributed by atoms with Crippen molar-refractivity contribution < 1.29 is 4.79 Å². The summed E-state index contributed by atoms with van der Waals surface area (Å²) in [5, 5.41) is 10.6. The zero-order chi connectivity index (χ0) is 18.0. The molecule has 0 fully saturated rings. The van der Waals surface area contributed by atoms with Crippen LogP contribution in [0.5, 0.6) is 0 Å². The van der Waals surface area contributed by atoms with E-state index in [1.807, 2.05) is 37.4 Å². The molecular formula is C17H18ClN5OS. The van der Waals surface area contributed by atoms with E-state index in [0.29, 0.717) is 16.5 Å². The molecule has 0 bridgehead atoms. The molecule has 1 amide bonds. The molecule has 8 heteroatoms. The highest BCUT2D eigenvalue weighted by Crippen LogP contribution is 2.21. The summed E-state index contributed by atoms with van der Waals surface area (Å²) in [6.45, 7) is 3.74. The zero-order valence-electron chi connectivity index (χ0n) is 13.9. The van der Waals surface area contributed by atoms with Crippen molar-refractivity contribution in [1.29, 1.82) is 0 Å². The average molecular weight is 376 g/mol.